The first-order valence-corrected chi connectivity index (χ1v) is 5.34. The molecule has 1 rings (SSSR count). The zero-order valence-corrected chi connectivity index (χ0v) is 9.55. The molecule has 1 aromatic rings. The molecule has 0 amide bonds. The van der Waals surface area contributed by atoms with Gasteiger partial charge in [0.1, 0.15) is 0 Å². The van der Waals surface area contributed by atoms with Crippen molar-refractivity contribution in [3.63, 3.8) is 0 Å². The maximum atomic E-state index is 3.25. The van der Waals surface area contributed by atoms with E-state index in [-0.39, 0.29) is 0 Å². The number of hydrogen-bond acceptors (Lipinski definition) is 0. The Balaban J connectivity index is 3.08. The number of benzene rings is 1. The lowest BCUT2D eigenvalue weighted by Gasteiger charge is -1.97. The van der Waals surface area contributed by atoms with E-state index in [1.54, 1.807) is 0 Å². The van der Waals surface area contributed by atoms with E-state index in [4.69, 9.17) is 0 Å². The molecule has 0 nitrogen and oxygen atoms in total. The minimum Gasteiger partial charge on any atom is -0.0616 e. The molecule has 0 atom stereocenters. The smallest absolute Gasteiger partial charge is 0.0179 e. The highest BCUT2D eigenvalue weighted by Crippen LogP contribution is 2.13. The highest BCUT2D eigenvalue weighted by Gasteiger charge is 1.91. The first kappa shape index (κ1) is 9.75. The van der Waals surface area contributed by atoms with Crippen LogP contribution in [0.3, 0.4) is 0 Å². The van der Waals surface area contributed by atoms with Gasteiger partial charge in [-0.05, 0) is 33.2 Å². The van der Waals surface area contributed by atoms with Crippen LogP contribution in [0.25, 0.3) is 12.2 Å². The van der Waals surface area contributed by atoms with Crippen LogP contribution in [0.5, 0.6) is 0 Å². The Hall–Kier alpha value is -0.340. The van der Waals surface area contributed by atoms with Crippen LogP contribution in [-0.2, 0) is 0 Å². The van der Waals surface area contributed by atoms with Gasteiger partial charge >= 0.3 is 0 Å². The second kappa shape index (κ2) is 5.33. The van der Waals surface area contributed by atoms with Crippen LogP contribution < -0.4 is 0 Å². The lowest BCUT2D eigenvalue weighted by atomic mass is 10.1. The number of hydrogen-bond donors (Lipinski definition) is 0. The van der Waals surface area contributed by atoms with E-state index in [1.807, 2.05) is 34.3 Å². The second-order valence-corrected chi connectivity index (χ2v) is 3.27. The third kappa shape index (κ3) is 2.61. The first-order valence-electron chi connectivity index (χ1n) is 3.51. The zero-order chi connectivity index (χ0) is 8.81. The molecule has 0 saturated heterocycles. The van der Waals surface area contributed by atoms with Crippen molar-refractivity contribution in [3.05, 3.63) is 45.4 Å². The molecule has 62 valence electrons. The van der Waals surface area contributed by atoms with Gasteiger partial charge in [0.25, 0.3) is 0 Å². The molecule has 1 aromatic carbocycles. The average Bonchev–Trinajstić information content (AvgIpc) is 2.09. The van der Waals surface area contributed by atoms with E-state index in [0.29, 0.717) is 0 Å². The standard InChI is InChI=1S/C10H8Br2/c11-7-5-9-3-1-2-4-10(9)6-8-12/h1-8H/b7-5-,8-6-. The Morgan fingerprint density at radius 1 is 0.833 bits per heavy atom. The molecule has 2 heteroatoms. The summed E-state index contributed by atoms with van der Waals surface area (Å²) in [7, 11) is 0. The third-order valence-corrected chi connectivity index (χ3v) is 2.01. The van der Waals surface area contributed by atoms with Crippen LogP contribution in [0.2, 0.25) is 0 Å². The van der Waals surface area contributed by atoms with E-state index in [1.165, 1.54) is 11.1 Å². The van der Waals surface area contributed by atoms with Crippen molar-refractivity contribution in [2.24, 2.45) is 0 Å². The Bertz CT molecular complexity index is 269. The fraction of sp³-hybridized carbons (Fsp3) is 0. The van der Waals surface area contributed by atoms with Gasteiger partial charge in [0.05, 0.1) is 0 Å². The van der Waals surface area contributed by atoms with E-state index in [2.05, 4.69) is 44.0 Å². The normalized spacial score (nSPS) is 11.5. The largest absolute Gasteiger partial charge is 0.0616 e. The van der Waals surface area contributed by atoms with Gasteiger partial charge in [-0.2, -0.15) is 0 Å². The van der Waals surface area contributed by atoms with Gasteiger partial charge in [-0.25, -0.2) is 0 Å². The number of halogens is 2. The predicted octanol–water partition coefficient (Wildman–Crippen LogP) is 4.42. The Kier molecular flexibility index (Phi) is 4.33. The van der Waals surface area contributed by atoms with Gasteiger partial charge in [0.15, 0.2) is 0 Å². The summed E-state index contributed by atoms with van der Waals surface area (Å²) in [6.45, 7) is 0. The van der Waals surface area contributed by atoms with E-state index >= 15 is 0 Å². The highest BCUT2D eigenvalue weighted by molar-refractivity contribution is 9.11. The van der Waals surface area contributed by atoms with Gasteiger partial charge < -0.3 is 0 Å². The van der Waals surface area contributed by atoms with Gasteiger partial charge in [-0.15, -0.1) is 0 Å². The molecule has 0 bridgehead atoms. The molecule has 0 aliphatic rings. The summed E-state index contributed by atoms with van der Waals surface area (Å²) < 4.78 is 0. The molecule has 0 unspecified atom stereocenters. The van der Waals surface area contributed by atoms with E-state index < -0.39 is 0 Å². The van der Waals surface area contributed by atoms with Crippen LogP contribution in [-0.4, -0.2) is 0 Å². The molecule has 0 spiro atoms. The summed E-state index contributed by atoms with van der Waals surface area (Å²) in [6, 6.07) is 8.18. The lowest BCUT2D eigenvalue weighted by Crippen LogP contribution is -1.77. The fourth-order valence-electron chi connectivity index (χ4n) is 0.950. The van der Waals surface area contributed by atoms with Crippen LogP contribution in [0.1, 0.15) is 11.1 Å². The van der Waals surface area contributed by atoms with Crippen molar-refractivity contribution in [1.29, 1.82) is 0 Å². The molecule has 0 heterocycles. The van der Waals surface area contributed by atoms with Gasteiger partial charge in [-0.1, -0.05) is 56.1 Å². The predicted molar refractivity (Wildman–Crippen MR) is 62.4 cm³/mol. The average molecular weight is 288 g/mol. The minimum atomic E-state index is 1.20. The first-order chi connectivity index (χ1) is 5.88. The summed E-state index contributed by atoms with van der Waals surface area (Å²) in [5.41, 5.74) is 2.40. The second-order valence-electron chi connectivity index (χ2n) is 2.21. The summed E-state index contributed by atoms with van der Waals surface area (Å²) in [5, 5.41) is 0. The Morgan fingerprint density at radius 2 is 1.25 bits per heavy atom. The molecule has 0 fully saturated rings. The molecule has 0 radical (unpaired) electrons. The lowest BCUT2D eigenvalue weighted by molar-refractivity contribution is 1.62. The Labute approximate surface area is 89.2 Å². The monoisotopic (exact) mass is 286 g/mol. The molecular formula is C10H8Br2. The molecule has 0 aromatic heterocycles. The molecule has 0 N–H and O–H groups in total. The van der Waals surface area contributed by atoms with Crippen molar-refractivity contribution in [2.45, 2.75) is 0 Å². The highest BCUT2D eigenvalue weighted by atomic mass is 79.9. The SMILES string of the molecule is Br/C=C\c1ccccc1/C=C\Br. The molecule has 0 aliphatic heterocycles. The minimum absolute atomic E-state index is 1.20. The van der Waals surface area contributed by atoms with E-state index in [0.717, 1.165) is 0 Å². The van der Waals surface area contributed by atoms with Crippen molar-refractivity contribution in [1.82, 2.24) is 0 Å². The van der Waals surface area contributed by atoms with Gasteiger partial charge in [-0.3, -0.25) is 0 Å². The van der Waals surface area contributed by atoms with Gasteiger partial charge in [0.2, 0.25) is 0 Å². The fourth-order valence-corrected chi connectivity index (χ4v) is 1.52. The number of rotatable bonds is 2. The molecule has 0 aliphatic carbocycles. The van der Waals surface area contributed by atoms with Crippen LogP contribution in [0.15, 0.2) is 34.2 Å². The summed E-state index contributed by atoms with van der Waals surface area (Å²) in [4.78, 5) is 3.71. The Morgan fingerprint density at radius 3 is 1.58 bits per heavy atom. The molecular weight excluding hydrogens is 280 g/mol. The van der Waals surface area contributed by atoms with Crippen LogP contribution in [0.4, 0.5) is 0 Å². The maximum Gasteiger partial charge on any atom is -0.0179 e. The summed E-state index contributed by atoms with van der Waals surface area (Å²) >= 11 is 6.51. The zero-order valence-electron chi connectivity index (χ0n) is 6.37. The van der Waals surface area contributed by atoms with E-state index in [9.17, 15) is 0 Å². The quantitative estimate of drug-likeness (QED) is 0.755. The van der Waals surface area contributed by atoms with Crippen molar-refractivity contribution >= 4 is 44.0 Å². The van der Waals surface area contributed by atoms with Crippen LogP contribution >= 0.6 is 31.9 Å². The maximum absolute atomic E-state index is 3.25. The van der Waals surface area contributed by atoms with Crippen molar-refractivity contribution < 1.29 is 0 Å². The van der Waals surface area contributed by atoms with Crippen LogP contribution in [0, 0.1) is 0 Å². The van der Waals surface area contributed by atoms with Crippen molar-refractivity contribution in [2.75, 3.05) is 0 Å². The van der Waals surface area contributed by atoms with Crippen molar-refractivity contribution in [3.8, 4) is 0 Å². The molecule has 12 heavy (non-hydrogen) atoms. The van der Waals surface area contributed by atoms with Gasteiger partial charge in [0, 0.05) is 0 Å². The topological polar surface area (TPSA) is 0 Å². The summed E-state index contributed by atoms with van der Waals surface area (Å²) in [6.07, 6.45) is 4.03. The molecule has 0 saturated carbocycles. The third-order valence-electron chi connectivity index (χ3n) is 1.48. The summed E-state index contributed by atoms with van der Waals surface area (Å²) in [5.74, 6) is 0.